The van der Waals surface area contributed by atoms with Gasteiger partial charge in [0.2, 0.25) is 0 Å². The lowest BCUT2D eigenvalue weighted by Gasteiger charge is -2.09. The van der Waals surface area contributed by atoms with Gasteiger partial charge in [0.25, 0.3) is 0 Å². The minimum atomic E-state index is 0.573. The van der Waals surface area contributed by atoms with E-state index in [1.807, 2.05) is 12.4 Å². The fraction of sp³-hybridized carbons (Fsp3) is 0.167. The van der Waals surface area contributed by atoms with Crippen LogP contribution in [0.2, 0.25) is 0 Å². The van der Waals surface area contributed by atoms with Crippen molar-refractivity contribution in [2.75, 3.05) is 0 Å². The molecule has 0 unspecified atom stereocenters. The number of halogens is 1. The molecule has 0 atom stereocenters. The SMILES string of the molecule is NCc1cccc(Cn2ccnc2Cc2ccc(Br)cc2)c1. The minimum Gasteiger partial charge on any atom is -0.330 e. The van der Waals surface area contributed by atoms with E-state index in [0.29, 0.717) is 6.54 Å². The molecule has 2 N–H and O–H groups in total. The maximum Gasteiger partial charge on any atom is 0.113 e. The lowest BCUT2D eigenvalue weighted by Crippen LogP contribution is -2.06. The summed E-state index contributed by atoms with van der Waals surface area (Å²) < 4.78 is 3.29. The van der Waals surface area contributed by atoms with Crippen molar-refractivity contribution in [1.29, 1.82) is 0 Å². The standard InChI is InChI=1S/C18H18BrN3/c19-17-6-4-14(5-7-17)11-18-21-8-9-22(18)13-16-3-1-2-15(10-16)12-20/h1-10H,11-13,20H2. The molecule has 22 heavy (non-hydrogen) atoms. The predicted molar refractivity (Wildman–Crippen MR) is 92.6 cm³/mol. The summed E-state index contributed by atoms with van der Waals surface area (Å²) in [6, 6.07) is 16.8. The Hall–Kier alpha value is -1.91. The summed E-state index contributed by atoms with van der Waals surface area (Å²) in [5.41, 5.74) is 9.38. The normalized spacial score (nSPS) is 10.8. The quantitative estimate of drug-likeness (QED) is 0.757. The summed E-state index contributed by atoms with van der Waals surface area (Å²) >= 11 is 3.46. The molecule has 3 aromatic rings. The van der Waals surface area contributed by atoms with E-state index >= 15 is 0 Å². The van der Waals surface area contributed by atoms with Crippen molar-refractivity contribution < 1.29 is 0 Å². The van der Waals surface area contributed by atoms with Crippen LogP contribution in [0.15, 0.2) is 65.4 Å². The predicted octanol–water partition coefficient (Wildman–Crippen LogP) is 3.74. The van der Waals surface area contributed by atoms with Gasteiger partial charge in [-0.05, 0) is 28.8 Å². The van der Waals surface area contributed by atoms with Crippen LogP contribution >= 0.6 is 15.9 Å². The number of rotatable bonds is 5. The Bertz CT molecular complexity index is 747. The second-order valence-electron chi connectivity index (χ2n) is 5.30. The van der Waals surface area contributed by atoms with Crippen LogP contribution < -0.4 is 5.73 Å². The first kappa shape index (κ1) is 15.0. The van der Waals surface area contributed by atoms with Crippen molar-refractivity contribution in [3.63, 3.8) is 0 Å². The third-order valence-electron chi connectivity index (χ3n) is 3.66. The van der Waals surface area contributed by atoms with Gasteiger partial charge in [0.05, 0.1) is 0 Å². The number of nitrogens with zero attached hydrogens (tertiary/aromatic N) is 2. The highest BCUT2D eigenvalue weighted by atomic mass is 79.9. The van der Waals surface area contributed by atoms with Crippen LogP contribution in [0.25, 0.3) is 0 Å². The highest BCUT2D eigenvalue weighted by Gasteiger charge is 2.05. The zero-order valence-electron chi connectivity index (χ0n) is 12.2. The van der Waals surface area contributed by atoms with Crippen LogP contribution in [0, 0.1) is 0 Å². The van der Waals surface area contributed by atoms with Crippen molar-refractivity contribution in [2.24, 2.45) is 5.73 Å². The maximum atomic E-state index is 5.71. The lowest BCUT2D eigenvalue weighted by atomic mass is 10.1. The van der Waals surface area contributed by atoms with Gasteiger partial charge < -0.3 is 10.3 Å². The molecule has 4 heteroatoms. The molecule has 112 valence electrons. The van der Waals surface area contributed by atoms with Crippen molar-refractivity contribution in [3.8, 4) is 0 Å². The van der Waals surface area contributed by atoms with Gasteiger partial charge in [-0.15, -0.1) is 0 Å². The molecule has 1 aromatic heterocycles. The van der Waals surface area contributed by atoms with Crippen LogP contribution in [0.5, 0.6) is 0 Å². The summed E-state index contributed by atoms with van der Waals surface area (Å²) in [7, 11) is 0. The topological polar surface area (TPSA) is 43.8 Å². The molecule has 0 amide bonds. The van der Waals surface area contributed by atoms with E-state index in [2.05, 4.69) is 74.0 Å². The van der Waals surface area contributed by atoms with Crippen LogP contribution in [0.1, 0.15) is 22.5 Å². The molecule has 0 aliphatic heterocycles. The second kappa shape index (κ2) is 6.90. The highest BCUT2D eigenvalue weighted by Crippen LogP contribution is 2.15. The third kappa shape index (κ3) is 3.64. The molecule has 0 aliphatic carbocycles. The summed E-state index contributed by atoms with van der Waals surface area (Å²) in [6.45, 7) is 1.39. The number of nitrogens with two attached hydrogens (primary N) is 1. The fourth-order valence-electron chi connectivity index (χ4n) is 2.49. The molecule has 0 saturated carbocycles. The van der Waals surface area contributed by atoms with Gasteiger partial charge in [0.15, 0.2) is 0 Å². The second-order valence-corrected chi connectivity index (χ2v) is 6.21. The number of aromatic nitrogens is 2. The Morgan fingerprint density at radius 1 is 1.00 bits per heavy atom. The molecule has 0 spiro atoms. The van der Waals surface area contributed by atoms with Gasteiger partial charge >= 0.3 is 0 Å². The molecule has 0 aliphatic rings. The molecule has 0 radical (unpaired) electrons. The van der Waals surface area contributed by atoms with Gasteiger partial charge in [0, 0.05) is 36.4 Å². The Kier molecular flexibility index (Phi) is 4.71. The zero-order chi connectivity index (χ0) is 15.4. The summed E-state index contributed by atoms with van der Waals surface area (Å²) in [4.78, 5) is 4.50. The molecular weight excluding hydrogens is 338 g/mol. The van der Waals surface area contributed by atoms with E-state index in [-0.39, 0.29) is 0 Å². The average molecular weight is 356 g/mol. The molecule has 1 heterocycles. The molecule has 0 bridgehead atoms. The third-order valence-corrected chi connectivity index (χ3v) is 4.19. The van der Waals surface area contributed by atoms with Gasteiger partial charge in [0.1, 0.15) is 5.82 Å². The first-order valence-electron chi connectivity index (χ1n) is 7.27. The number of hydrogen-bond acceptors (Lipinski definition) is 2. The van der Waals surface area contributed by atoms with Gasteiger partial charge in [-0.1, -0.05) is 52.3 Å². The average Bonchev–Trinajstić information content (AvgIpc) is 2.97. The Balaban J connectivity index is 1.78. The van der Waals surface area contributed by atoms with Gasteiger partial charge in [-0.3, -0.25) is 0 Å². The van der Waals surface area contributed by atoms with E-state index < -0.39 is 0 Å². The maximum absolute atomic E-state index is 5.71. The molecule has 3 nitrogen and oxygen atoms in total. The van der Waals surface area contributed by atoms with Crippen LogP contribution in [0.3, 0.4) is 0 Å². The Labute approximate surface area is 138 Å². The van der Waals surface area contributed by atoms with Gasteiger partial charge in [-0.25, -0.2) is 4.98 Å². The summed E-state index contributed by atoms with van der Waals surface area (Å²) in [6.07, 6.45) is 4.72. The molecule has 3 rings (SSSR count). The largest absolute Gasteiger partial charge is 0.330 e. The minimum absolute atomic E-state index is 0.573. The highest BCUT2D eigenvalue weighted by molar-refractivity contribution is 9.10. The first-order chi connectivity index (χ1) is 10.7. The Morgan fingerprint density at radius 2 is 1.77 bits per heavy atom. The molecule has 0 fully saturated rings. The van der Waals surface area contributed by atoms with E-state index in [0.717, 1.165) is 28.8 Å². The smallest absolute Gasteiger partial charge is 0.113 e. The number of hydrogen-bond donors (Lipinski definition) is 1. The monoisotopic (exact) mass is 355 g/mol. The van der Waals surface area contributed by atoms with Crippen molar-refractivity contribution in [1.82, 2.24) is 9.55 Å². The number of imidazole rings is 1. The summed E-state index contributed by atoms with van der Waals surface area (Å²) in [5.74, 6) is 1.07. The zero-order valence-corrected chi connectivity index (χ0v) is 13.8. The van der Waals surface area contributed by atoms with Crippen molar-refractivity contribution in [3.05, 3.63) is 87.9 Å². The fourth-order valence-corrected chi connectivity index (χ4v) is 2.75. The van der Waals surface area contributed by atoms with E-state index in [9.17, 15) is 0 Å². The van der Waals surface area contributed by atoms with Crippen molar-refractivity contribution in [2.45, 2.75) is 19.5 Å². The first-order valence-corrected chi connectivity index (χ1v) is 8.06. The summed E-state index contributed by atoms with van der Waals surface area (Å²) in [5, 5.41) is 0. The van der Waals surface area contributed by atoms with Gasteiger partial charge in [-0.2, -0.15) is 0 Å². The molecule has 0 saturated heterocycles. The van der Waals surface area contributed by atoms with E-state index in [1.165, 1.54) is 11.1 Å². The van der Waals surface area contributed by atoms with Crippen LogP contribution in [-0.4, -0.2) is 9.55 Å². The van der Waals surface area contributed by atoms with E-state index in [1.54, 1.807) is 0 Å². The van der Waals surface area contributed by atoms with Crippen molar-refractivity contribution >= 4 is 15.9 Å². The molecule has 2 aromatic carbocycles. The van der Waals surface area contributed by atoms with Crippen LogP contribution in [0.4, 0.5) is 0 Å². The van der Waals surface area contributed by atoms with E-state index in [4.69, 9.17) is 5.73 Å². The Morgan fingerprint density at radius 3 is 2.55 bits per heavy atom. The molecular formula is C18H18BrN3. The lowest BCUT2D eigenvalue weighted by molar-refractivity contribution is 0.739. The van der Waals surface area contributed by atoms with Crippen LogP contribution in [-0.2, 0) is 19.5 Å². The number of benzene rings is 2.